The van der Waals surface area contributed by atoms with E-state index in [-0.39, 0.29) is 24.7 Å². The van der Waals surface area contributed by atoms with E-state index in [1.807, 2.05) is 13.0 Å². The van der Waals surface area contributed by atoms with Gasteiger partial charge in [0.1, 0.15) is 11.6 Å². The summed E-state index contributed by atoms with van der Waals surface area (Å²) in [7, 11) is 1.70. The lowest BCUT2D eigenvalue weighted by molar-refractivity contribution is -0.117. The van der Waals surface area contributed by atoms with E-state index in [4.69, 9.17) is 0 Å². The van der Waals surface area contributed by atoms with Gasteiger partial charge in [0, 0.05) is 12.7 Å². The average molecular weight is 365 g/mol. The van der Waals surface area contributed by atoms with Gasteiger partial charge in [-0.15, -0.1) is 0 Å². The van der Waals surface area contributed by atoms with Gasteiger partial charge in [0.05, 0.1) is 12.6 Å². The first-order valence-electron chi connectivity index (χ1n) is 7.97. The second kappa shape index (κ2) is 9.21. The summed E-state index contributed by atoms with van der Waals surface area (Å²) in [5, 5.41) is 12.9. The monoisotopic (exact) mass is 365 g/mol. The van der Waals surface area contributed by atoms with Crippen LogP contribution in [0.15, 0.2) is 42.6 Å². The molecular formula is C18H21F2N3O3. The number of carbonyl (C=O) groups is 1. The van der Waals surface area contributed by atoms with E-state index in [0.717, 1.165) is 5.56 Å². The zero-order valence-electron chi connectivity index (χ0n) is 14.5. The fourth-order valence-electron chi connectivity index (χ4n) is 2.37. The van der Waals surface area contributed by atoms with Crippen LogP contribution in [0.3, 0.4) is 0 Å². The molecule has 0 saturated carbocycles. The van der Waals surface area contributed by atoms with Crippen LogP contribution in [0.2, 0.25) is 0 Å². The lowest BCUT2D eigenvalue weighted by Gasteiger charge is -2.20. The van der Waals surface area contributed by atoms with E-state index in [9.17, 15) is 18.7 Å². The van der Waals surface area contributed by atoms with Gasteiger partial charge in [0.15, 0.2) is 0 Å². The Balaban J connectivity index is 1.84. The van der Waals surface area contributed by atoms with Gasteiger partial charge < -0.3 is 15.2 Å². The molecule has 1 amide bonds. The fraction of sp³-hybridized carbons (Fsp3) is 0.333. The van der Waals surface area contributed by atoms with E-state index in [1.54, 1.807) is 24.2 Å². The highest BCUT2D eigenvalue weighted by Crippen LogP contribution is 2.20. The van der Waals surface area contributed by atoms with Crippen molar-refractivity contribution in [3.8, 4) is 5.75 Å². The zero-order chi connectivity index (χ0) is 19.1. The van der Waals surface area contributed by atoms with Crippen LogP contribution < -0.4 is 10.1 Å². The number of ether oxygens (including phenoxy) is 1. The van der Waals surface area contributed by atoms with Crippen LogP contribution in [0.1, 0.15) is 17.2 Å². The molecule has 8 heteroatoms. The second-order valence-electron chi connectivity index (χ2n) is 5.93. The second-order valence-corrected chi connectivity index (χ2v) is 5.93. The van der Waals surface area contributed by atoms with Gasteiger partial charge in [-0.2, -0.15) is 8.78 Å². The number of pyridine rings is 1. The Morgan fingerprint density at radius 3 is 2.62 bits per heavy atom. The minimum Gasteiger partial charge on any atom is -0.435 e. The summed E-state index contributed by atoms with van der Waals surface area (Å²) >= 11 is 0. The Morgan fingerprint density at radius 1 is 1.31 bits per heavy atom. The van der Waals surface area contributed by atoms with Crippen molar-refractivity contribution in [1.29, 1.82) is 0 Å². The quantitative estimate of drug-likeness (QED) is 0.752. The van der Waals surface area contributed by atoms with Crippen molar-refractivity contribution in [2.75, 3.05) is 25.5 Å². The third kappa shape index (κ3) is 6.38. The van der Waals surface area contributed by atoms with Crippen LogP contribution in [0.5, 0.6) is 5.75 Å². The Kier molecular flexibility index (Phi) is 6.99. The molecule has 0 aliphatic carbocycles. The van der Waals surface area contributed by atoms with Gasteiger partial charge in [0.25, 0.3) is 0 Å². The number of likely N-dealkylation sites (N-methyl/N-ethyl adjacent to an activating group) is 1. The van der Waals surface area contributed by atoms with Crippen molar-refractivity contribution < 1.29 is 23.4 Å². The average Bonchev–Trinajstić information content (AvgIpc) is 2.54. The fourth-order valence-corrected chi connectivity index (χ4v) is 2.37. The van der Waals surface area contributed by atoms with Crippen molar-refractivity contribution in [2.24, 2.45) is 0 Å². The number of benzene rings is 1. The molecule has 1 aromatic heterocycles. The number of hydrogen-bond donors (Lipinski definition) is 2. The van der Waals surface area contributed by atoms with Crippen molar-refractivity contribution in [1.82, 2.24) is 9.88 Å². The molecule has 0 aliphatic heterocycles. The topological polar surface area (TPSA) is 74.7 Å². The first-order valence-corrected chi connectivity index (χ1v) is 7.97. The summed E-state index contributed by atoms with van der Waals surface area (Å²) in [6.07, 6.45) is 0.741. The van der Waals surface area contributed by atoms with Gasteiger partial charge in [-0.1, -0.05) is 12.1 Å². The van der Waals surface area contributed by atoms with Crippen LogP contribution in [-0.4, -0.2) is 47.6 Å². The number of aryl methyl sites for hydroxylation is 1. The summed E-state index contributed by atoms with van der Waals surface area (Å²) in [5.41, 5.74) is 1.53. The molecule has 6 nitrogen and oxygen atoms in total. The highest BCUT2D eigenvalue weighted by molar-refractivity contribution is 5.91. The number of aliphatic hydroxyl groups excluding tert-OH is 1. The van der Waals surface area contributed by atoms with Crippen molar-refractivity contribution in [2.45, 2.75) is 19.6 Å². The van der Waals surface area contributed by atoms with E-state index in [0.29, 0.717) is 11.4 Å². The number of nitrogens with one attached hydrogen (secondary N) is 1. The van der Waals surface area contributed by atoms with Gasteiger partial charge in [0.2, 0.25) is 5.91 Å². The Hall–Kier alpha value is -2.58. The number of alkyl halides is 2. The number of halogens is 2. The van der Waals surface area contributed by atoms with E-state index >= 15 is 0 Å². The molecule has 2 aromatic rings. The van der Waals surface area contributed by atoms with Crippen LogP contribution >= 0.6 is 0 Å². The molecule has 2 N–H and O–H groups in total. The molecule has 2 rings (SSSR count). The number of aliphatic hydroxyl groups is 1. The number of aromatic nitrogens is 1. The number of amides is 1. The lowest BCUT2D eigenvalue weighted by Crippen LogP contribution is -2.33. The molecule has 0 spiro atoms. The van der Waals surface area contributed by atoms with Crippen molar-refractivity contribution >= 4 is 11.7 Å². The number of carbonyl (C=O) groups excluding carboxylic acids is 1. The van der Waals surface area contributed by atoms with Gasteiger partial charge in [-0.25, -0.2) is 4.98 Å². The summed E-state index contributed by atoms with van der Waals surface area (Å²) in [5.74, 6) is 0.242. The summed E-state index contributed by atoms with van der Waals surface area (Å²) < 4.78 is 28.5. The molecular weight excluding hydrogens is 344 g/mol. The van der Waals surface area contributed by atoms with Crippen LogP contribution in [-0.2, 0) is 4.79 Å². The maximum Gasteiger partial charge on any atom is 0.387 e. The summed E-state index contributed by atoms with van der Waals surface area (Å²) in [4.78, 5) is 17.7. The summed E-state index contributed by atoms with van der Waals surface area (Å²) in [6, 6.07) is 9.33. The van der Waals surface area contributed by atoms with Crippen LogP contribution in [0, 0.1) is 6.92 Å². The highest BCUT2D eigenvalue weighted by Gasteiger charge is 2.14. The van der Waals surface area contributed by atoms with E-state index in [1.165, 1.54) is 24.3 Å². The number of nitrogens with zero attached hydrogens (tertiary/aromatic N) is 2. The molecule has 1 aromatic carbocycles. The Bertz CT molecular complexity index is 726. The number of anilines is 1. The largest absolute Gasteiger partial charge is 0.435 e. The van der Waals surface area contributed by atoms with E-state index in [2.05, 4.69) is 15.0 Å². The SMILES string of the molecule is Cc1ccnc(NC(=O)CN(C)CC(O)c2ccc(OC(F)F)cc2)c1. The number of rotatable bonds is 8. The molecule has 0 aliphatic rings. The molecule has 0 saturated heterocycles. The Labute approximate surface area is 150 Å². The molecule has 0 fully saturated rings. The third-order valence-corrected chi connectivity index (χ3v) is 3.57. The number of hydrogen-bond acceptors (Lipinski definition) is 5. The maximum absolute atomic E-state index is 12.1. The Morgan fingerprint density at radius 2 is 2.00 bits per heavy atom. The minimum atomic E-state index is -2.89. The highest BCUT2D eigenvalue weighted by atomic mass is 19.3. The maximum atomic E-state index is 12.1. The molecule has 1 atom stereocenters. The molecule has 1 unspecified atom stereocenters. The zero-order valence-corrected chi connectivity index (χ0v) is 14.5. The molecule has 0 bridgehead atoms. The van der Waals surface area contributed by atoms with Crippen LogP contribution in [0.4, 0.5) is 14.6 Å². The molecule has 26 heavy (non-hydrogen) atoms. The predicted molar refractivity (Wildman–Crippen MR) is 93.1 cm³/mol. The predicted octanol–water partition coefficient (Wildman–Crippen LogP) is 2.60. The normalized spacial score (nSPS) is 12.3. The minimum absolute atomic E-state index is 0.0225. The van der Waals surface area contributed by atoms with E-state index < -0.39 is 12.7 Å². The lowest BCUT2D eigenvalue weighted by atomic mass is 10.1. The molecule has 140 valence electrons. The smallest absolute Gasteiger partial charge is 0.387 e. The third-order valence-electron chi connectivity index (χ3n) is 3.57. The van der Waals surface area contributed by atoms with Crippen molar-refractivity contribution in [3.63, 3.8) is 0 Å². The molecule has 0 radical (unpaired) electrons. The molecule has 1 heterocycles. The van der Waals surface area contributed by atoms with Gasteiger partial charge in [-0.3, -0.25) is 9.69 Å². The standard InChI is InChI=1S/C18H21F2N3O3/c1-12-7-8-21-16(9-12)22-17(25)11-23(2)10-15(24)13-3-5-14(6-4-13)26-18(19)20/h3-9,15,18,24H,10-11H2,1-2H3,(H,21,22,25). The van der Waals surface area contributed by atoms with Crippen molar-refractivity contribution in [3.05, 3.63) is 53.7 Å². The first kappa shape index (κ1) is 19.7. The van der Waals surface area contributed by atoms with Gasteiger partial charge in [-0.05, 0) is 49.4 Å². The van der Waals surface area contributed by atoms with Gasteiger partial charge >= 0.3 is 6.61 Å². The first-order chi connectivity index (χ1) is 12.3. The summed E-state index contributed by atoms with van der Waals surface area (Å²) in [6.45, 7) is -0.723. The van der Waals surface area contributed by atoms with Crippen LogP contribution in [0.25, 0.3) is 0 Å².